The molecule has 7 nitrogen and oxygen atoms in total. The van der Waals surface area contributed by atoms with Crippen LogP contribution in [0.4, 0.5) is 24.5 Å². The van der Waals surface area contributed by atoms with E-state index in [1.807, 2.05) is 0 Å². The van der Waals surface area contributed by atoms with Gasteiger partial charge in [-0.15, -0.1) is 0 Å². The standard InChI is InChI=1S/C27H27F3N4O3/c28-27(29,30)22-4-1-2-5-23(22)34-21-9-7-19(8-10-21)16-31-25(36)26(13-15-37-18-26)12-3-6-24(35)20-11-14-32-33-17-20/h1-2,4-5,7-11,14,17,34H,3,6,12-13,15-16,18H2,(H,31,36)/t26-/m1/s1. The number of rotatable bonds is 10. The molecule has 1 atom stereocenters. The van der Waals surface area contributed by atoms with Crippen molar-refractivity contribution in [2.24, 2.45) is 5.41 Å². The molecule has 0 bridgehead atoms. The van der Waals surface area contributed by atoms with Gasteiger partial charge in [0.15, 0.2) is 5.78 Å². The maximum atomic E-state index is 13.2. The first-order valence-electron chi connectivity index (χ1n) is 11.9. The molecule has 1 aliphatic rings. The van der Waals surface area contributed by atoms with Gasteiger partial charge in [-0.2, -0.15) is 23.4 Å². The van der Waals surface area contributed by atoms with E-state index >= 15 is 0 Å². The van der Waals surface area contributed by atoms with Crippen LogP contribution in [0.1, 0.15) is 47.2 Å². The molecule has 0 spiro atoms. The van der Waals surface area contributed by atoms with Gasteiger partial charge in [0.25, 0.3) is 0 Å². The van der Waals surface area contributed by atoms with E-state index in [1.54, 1.807) is 30.3 Å². The van der Waals surface area contributed by atoms with E-state index in [-0.39, 0.29) is 23.9 Å². The van der Waals surface area contributed by atoms with E-state index in [1.165, 1.54) is 30.6 Å². The number of para-hydroxylation sites is 1. The lowest BCUT2D eigenvalue weighted by Gasteiger charge is -2.26. The minimum Gasteiger partial charge on any atom is -0.380 e. The van der Waals surface area contributed by atoms with Crippen LogP contribution < -0.4 is 10.6 Å². The zero-order valence-corrected chi connectivity index (χ0v) is 20.1. The van der Waals surface area contributed by atoms with E-state index < -0.39 is 17.2 Å². The Bertz CT molecular complexity index is 1210. The molecule has 2 heterocycles. The summed E-state index contributed by atoms with van der Waals surface area (Å²) in [5.41, 5.74) is 0.335. The molecule has 194 valence electrons. The number of nitrogens with one attached hydrogen (secondary N) is 2. The smallest absolute Gasteiger partial charge is 0.380 e. The SMILES string of the molecule is O=C(CCC[C@@]1(C(=O)NCc2ccc(Nc3ccccc3C(F)(F)F)cc2)CCOC1)c1ccnnc1. The zero-order chi connectivity index (χ0) is 26.3. The van der Waals surface area contributed by atoms with E-state index in [0.717, 1.165) is 11.6 Å². The number of ether oxygens (including phenoxy) is 1. The normalized spacial score (nSPS) is 17.4. The Kier molecular flexibility index (Phi) is 8.17. The number of hydrogen-bond donors (Lipinski definition) is 2. The number of ketones is 1. The van der Waals surface area contributed by atoms with Gasteiger partial charge in [-0.3, -0.25) is 9.59 Å². The summed E-state index contributed by atoms with van der Waals surface area (Å²) in [6.45, 7) is 1.04. The van der Waals surface area contributed by atoms with Crippen LogP contribution in [0.2, 0.25) is 0 Å². The second-order valence-corrected chi connectivity index (χ2v) is 9.04. The molecule has 2 aromatic carbocycles. The molecular formula is C27H27F3N4O3. The molecule has 3 aromatic rings. The van der Waals surface area contributed by atoms with Crippen molar-refractivity contribution in [2.75, 3.05) is 18.5 Å². The van der Waals surface area contributed by atoms with Crippen molar-refractivity contribution in [3.63, 3.8) is 0 Å². The summed E-state index contributed by atoms with van der Waals surface area (Å²) < 4.78 is 45.2. The fourth-order valence-electron chi connectivity index (χ4n) is 4.35. The molecule has 0 saturated carbocycles. The lowest BCUT2D eigenvalue weighted by atomic mass is 9.80. The first-order valence-corrected chi connectivity index (χ1v) is 11.9. The number of Topliss-reactive ketones (excluding diaryl/α,β-unsaturated/α-hetero) is 1. The van der Waals surface area contributed by atoms with Crippen LogP contribution in [-0.2, 0) is 22.3 Å². The van der Waals surface area contributed by atoms with Crippen LogP contribution in [0, 0.1) is 5.41 Å². The van der Waals surface area contributed by atoms with Crippen molar-refractivity contribution in [1.82, 2.24) is 15.5 Å². The first kappa shape index (κ1) is 26.3. The van der Waals surface area contributed by atoms with Gasteiger partial charge in [0.2, 0.25) is 5.91 Å². The lowest BCUT2D eigenvalue weighted by molar-refractivity contribution is -0.137. The van der Waals surface area contributed by atoms with Gasteiger partial charge in [0.1, 0.15) is 0 Å². The number of halogens is 3. The summed E-state index contributed by atoms with van der Waals surface area (Å²) >= 11 is 0. The first-order chi connectivity index (χ1) is 17.8. The maximum Gasteiger partial charge on any atom is 0.418 e. The highest BCUT2D eigenvalue weighted by molar-refractivity contribution is 5.95. The average molecular weight is 513 g/mol. The predicted octanol–water partition coefficient (Wildman–Crippen LogP) is 5.32. The molecule has 10 heteroatoms. The number of hydrogen-bond acceptors (Lipinski definition) is 6. The molecule has 1 fully saturated rings. The van der Waals surface area contributed by atoms with E-state index in [9.17, 15) is 22.8 Å². The van der Waals surface area contributed by atoms with Crippen molar-refractivity contribution in [1.29, 1.82) is 0 Å². The van der Waals surface area contributed by atoms with Crippen LogP contribution in [0.25, 0.3) is 0 Å². The molecule has 0 unspecified atom stereocenters. The highest BCUT2D eigenvalue weighted by Crippen LogP contribution is 2.36. The highest BCUT2D eigenvalue weighted by atomic mass is 19.4. The molecule has 37 heavy (non-hydrogen) atoms. The Labute approximate surface area is 212 Å². The monoisotopic (exact) mass is 512 g/mol. The Morgan fingerprint density at radius 1 is 1.03 bits per heavy atom. The Morgan fingerprint density at radius 2 is 1.81 bits per heavy atom. The molecule has 0 radical (unpaired) electrons. The molecule has 1 saturated heterocycles. The van der Waals surface area contributed by atoms with Crippen molar-refractivity contribution in [3.05, 3.63) is 83.7 Å². The van der Waals surface area contributed by atoms with E-state index in [2.05, 4.69) is 20.8 Å². The van der Waals surface area contributed by atoms with Gasteiger partial charge in [-0.05, 0) is 55.2 Å². The number of anilines is 2. The van der Waals surface area contributed by atoms with Gasteiger partial charge >= 0.3 is 6.18 Å². The third-order valence-electron chi connectivity index (χ3n) is 6.47. The van der Waals surface area contributed by atoms with Crippen LogP contribution >= 0.6 is 0 Å². The quantitative estimate of drug-likeness (QED) is 0.358. The van der Waals surface area contributed by atoms with E-state index in [0.29, 0.717) is 50.1 Å². The summed E-state index contributed by atoms with van der Waals surface area (Å²) in [5, 5.41) is 13.2. The summed E-state index contributed by atoms with van der Waals surface area (Å²) in [4.78, 5) is 25.5. The van der Waals surface area contributed by atoms with Crippen molar-refractivity contribution >= 4 is 23.1 Å². The van der Waals surface area contributed by atoms with Crippen LogP contribution in [0.3, 0.4) is 0 Å². The number of carbonyl (C=O) groups excluding carboxylic acids is 2. The third kappa shape index (κ3) is 6.71. The van der Waals surface area contributed by atoms with Crippen LogP contribution in [0.5, 0.6) is 0 Å². The van der Waals surface area contributed by atoms with E-state index in [4.69, 9.17) is 4.74 Å². The minimum atomic E-state index is -4.46. The maximum absolute atomic E-state index is 13.2. The lowest BCUT2D eigenvalue weighted by Crippen LogP contribution is -2.41. The summed E-state index contributed by atoms with van der Waals surface area (Å²) in [5.74, 6) is -0.180. The highest BCUT2D eigenvalue weighted by Gasteiger charge is 2.41. The van der Waals surface area contributed by atoms with Crippen LogP contribution in [-0.4, -0.2) is 35.1 Å². The number of aromatic nitrogens is 2. The van der Waals surface area contributed by atoms with Gasteiger partial charge in [0.05, 0.1) is 35.7 Å². The molecule has 1 aromatic heterocycles. The molecule has 1 aliphatic heterocycles. The summed E-state index contributed by atoms with van der Waals surface area (Å²) in [6.07, 6.45) is 0.369. The van der Waals surface area contributed by atoms with Crippen molar-refractivity contribution in [3.8, 4) is 0 Å². The topological polar surface area (TPSA) is 93.2 Å². The zero-order valence-electron chi connectivity index (χ0n) is 20.1. The van der Waals surface area contributed by atoms with Gasteiger partial charge in [-0.1, -0.05) is 24.3 Å². The third-order valence-corrected chi connectivity index (χ3v) is 6.47. The second-order valence-electron chi connectivity index (χ2n) is 9.04. The molecule has 0 aliphatic carbocycles. The fraction of sp³-hybridized carbons (Fsp3) is 0.333. The Morgan fingerprint density at radius 3 is 2.49 bits per heavy atom. The van der Waals surface area contributed by atoms with Crippen LogP contribution in [0.15, 0.2) is 67.0 Å². The fourth-order valence-corrected chi connectivity index (χ4v) is 4.35. The van der Waals surface area contributed by atoms with Gasteiger partial charge < -0.3 is 15.4 Å². The number of nitrogens with zero attached hydrogens (tertiary/aromatic N) is 2. The number of benzene rings is 2. The summed E-state index contributed by atoms with van der Waals surface area (Å²) in [7, 11) is 0. The minimum absolute atomic E-state index is 0.0297. The summed E-state index contributed by atoms with van der Waals surface area (Å²) in [6, 6.07) is 13.7. The molecule has 1 amide bonds. The van der Waals surface area contributed by atoms with Gasteiger partial charge in [-0.25, -0.2) is 0 Å². The number of carbonyl (C=O) groups is 2. The predicted molar refractivity (Wildman–Crippen MR) is 131 cm³/mol. The number of amides is 1. The number of alkyl halides is 3. The average Bonchev–Trinajstić information content (AvgIpc) is 3.38. The largest absolute Gasteiger partial charge is 0.418 e. The molecule has 4 rings (SSSR count). The molecule has 2 N–H and O–H groups in total. The molecular weight excluding hydrogens is 485 g/mol. The van der Waals surface area contributed by atoms with Gasteiger partial charge in [0, 0.05) is 30.8 Å². The van der Waals surface area contributed by atoms with Crippen molar-refractivity contribution < 1.29 is 27.5 Å². The van der Waals surface area contributed by atoms with Crippen molar-refractivity contribution in [2.45, 2.75) is 38.4 Å². The Hall–Kier alpha value is -3.79. The second kappa shape index (κ2) is 11.5. The Balaban J connectivity index is 1.31.